The quantitative estimate of drug-likeness (QED) is 0.466. The number of carbonyl (C=O) groups is 1. The van der Waals surface area contributed by atoms with Crippen LogP contribution in [-0.2, 0) is 9.53 Å². The zero-order valence-electron chi connectivity index (χ0n) is 5.75. The second kappa shape index (κ2) is 1.39. The van der Waals surface area contributed by atoms with E-state index in [1.807, 2.05) is 0 Å². The Bertz CT molecular complexity index is 199. The molecule has 0 bridgehead atoms. The van der Waals surface area contributed by atoms with Gasteiger partial charge in [0.25, 0.3) is 0 Å². The van der Waals surface area contributed by atoms with Crippen molar-refractivity contribution in [2.24, 2.45) is 17.8 Å². The van der Waals surface area contributed by atoms with Gasteiger partial charge >= 0.3 is 5.97 Å². The van der Waals surface area contributed by atoms with Gasteiger partial charge in [-0.1, -0.05) is 0 Å². The predicted octanol–water partition coefficient (Wildman–Crippen LogP) is 0.958. The molecule has 10 heavy (non-hydrogen) atoms. The molecule has 3 aliphatic rings. The molecule has 0 unspecified atom stereocenters. The molecule has 0 radical (unpaired) electrons. The van der Waals surface area contributed by atoms with E-state index in [1.165, 1.54) is 12.8 Å². The van der Waals surface area contributed by atoms with Crippen molar-refractivity contribution >= 4 is 5.97 Å². The number of rotatable bonds is 0. The molecule has 1 aliphatic heterocycles. The third kappa shape index (κ3) is 0.414. The Labute approximate surface area is 59.6 Å². The number of carbonyl (C=O) groups excluding carboxylic acids is 1. The molecule has 54 valence electrons. The Morgan fingerprint density at radius 1 is 1.40 bits per heavy atom. The third-order valence-corrected chi connectivity index (χ3v) is 3.22. The molecule has 0 aromatic heterocycles. The maximum Gasteiger partial charge on any atom is 0.309 e. The number of ether oxygens (including phenoxy) is 1. The number of fused-ring (bicyclic) bond motifs is 1. The van der Waals surface area contributed by atoms with Crippen molar-refractivity contribution in [3.05, 3.63) is 0 Å². The Kier molecular flexibility index (Phi) is 0.715. The summed E-state index contributed by atoms with van der Waals surface area (Å²) in [6.07, 6.45) is 4.01. The number of hydrogen-bond donors (Lipinski definition) is 0. The van der Waals surface area contributed by atoms with Crippen LogP contribution in [0, 0.1) is 17.8 Å². The summed E-state index contributed by atoms with van der Waals surface area (Å²) in [6, 6.07) is 0. The van der Waals surface area contributed by atoms with Crippen molar-refractivity contribution in [1.29, 1.82) is 0 Å². The predicted molar refractivity (Wildman–Crippen MR) is 34.2 cm³/mol. The lowest BCUT2D eigenvalue weighted by Crippen LogP contribution is -2.20. The topological polar surface area (TPSA) is 26.3 Å². The molecule has 3 rings (SSSR count). The van der Waals surface area contributed by atoms with E-state index < -0.39 is 0 Å². The average molecular weight is 138 g/mol. The largest absolute Gasteiger partial charge is 0.462 e. The smallest absolute Gasteiger partial charge is 0.309 e. The van der Waals surface area contributed by atoms with Crippen LogP contribution in [0.15, 0.2) is 0 Å². The van der Waals surface area contributed by atoms with Gasteiger partial charge in [0.15, 0.2) is 0 Å². The van der Waals surface area contributed by atoms with Crippen molar-refractivity contribution in [2.45, 2.75) is 25.4 Å². The van der Waals surface area contributed by atoms with Gasteiger partial charge in [0.05, 0.1) is 5.92 Å². The molecule has 0 N–H and O–H groups in total. The van der Waals surface area contributed by atoms with Crippen LogP contribution in [0.25, 0.3) is 0 Å². The van der Waals surface area contributed by atoms with Crippen LogP contribution >= 0.6 is 0 Å². The Morgan fingerprint density at radius 3 is 3.00 bits per heavy atom. The highest BCUT2D eigenvalue weighted by atomic mass is 16.6. The summed E-state index contributed by atoms with van der Waals surface area (Å²) in [5, 5.41) is 0. The molecule has 2 heteroatoms. The second-order valence-electron chi connectivity index (χ2n) is 3.67. The molecule has 1 heterocycles. The Hall–Kier alpha value is -0.530. The summed E-state index contributed by atoms with van der Waals surface area (Å²) in [7, 11) is 0. The molecule has 0 spiro atoms. The maximum absolute atomic E-state index is 11.0. The highest BCUT2D eigenvalue weighted by Gasteiger charge is 2.66. The summed E-state index contributed by atoms with van der Waals surface area (Å²) >= 11 is 0. The fraction of sp³-hybridized carbons (Fsp3) is 0.875. The van der Waals surface area contributed by atoms with Crippen LogP contribution in [0.1, 0.15) is 19.3 Å². The highest BCUT2D eigenvalue weighted by molar-refractivity contribution is 5.79. The van der Waals surface area contributed by atoms with Crippen molar-refractivity contribution in [2.75, 3.05) is 0 Å². The first kappa shape index (κ1) is 5.16. The monoisotopic (exact) mass is 138 g/mol. The van der Waals surface area contributed by atoms with Crippen molar-refractivity contribution < 1.29 is 9.53 Å². The van der Waals surface area contributed by atoms with Crippen LogP contribution in [0.5, 0.6) is 0 Å². The molecule has 4 atom stereocenters. The Balaban J connectivity index is 1.95. The lowest BCUT2D eigenvalue weighted by molar-refractivity contribution is -0.147. The van der Waals surface area contributed by atoms with Crippen LogP contribution in [0.4, 0.5) is 0 Å². The van der Waals surface area contributed by atoms with E-state index in [-0.39, 0.29) is 5.97 Å². The summed E-state index contributed by atoms with van der Waals surface area (Å²) in [6.45, 7) is 0. The first-order valence-corrected chi connectivity index (χ1v) is 4.08. The fourth-order valence-electron chi connectivity index (χ4n) is 2.72. The lowest BCUT2D eigenvalue weighted by atomic mass is 9.98. The number of esters is 1. The van der Waals surface area contributed by atoms with Gasteiger partial charge in [-0.05, 0) is 25.2 Å². The Morgan fingerprint density at radius 2 is 2.30 bits per heavy atom. The van der Waals surface area contributed by atoms with Crippen molar-refractivity contribution in [3.8, 4) is 0 Å². The number of hydrogen-bond acceptors (Lipinski definition) is 2. The molecular weight excluding hydrogens is 128 g/mol. The molecule has 2 saturated carbocycles. The first-order valence-electron chi connectivity index (χ1n) is 4.08. The fourth-order valence-corrected chi connectivity index (χ4v) is 2.72. The summed E-state index contributed by atoms with van der Waals surface area (Å²) in [4.78, 5) is 11.0. The minimum atomic E-state index is 0.0969. The van der Waals surface area contributed by atoms with Crippen LogP contribution in [-0.4, -0.2) is 12.1 Å². The molecule has 0 aromatic rings. The molecule has 2 nitrogen and oxygen atoms in total. The highest BCUT2D eigenvalue weighted by Crippen LogP contribution is 2.60. The van der Waals surface area contributed by atoms with E-state index in [0.717, 1.165) is 12.3 Å². The van der Waals surface area contributed by atoms with E-state index >= 15 is 0 Å². The van der Waals surface area contributed by atoms with Gasteiger partial charge in [0.2, 0.25) is 0 Å². The van der Waals surface area contributed by atoms with Gasteiger partial charge in [-0.25, -0.2) is 0 Å². The van der Waals surface area contributed by atoms with Gasteiger partial charge in [-0.2, -0.15) is 0 Å². The van der Waals surface area contributed by atoms with E-state index in [0.29, 0.717) is 17.9 Å². The molecule has 1 saturated heterocycles. The van der Waals surface area contributed by atoms with Crippen LogP contribution in [0.3, 0.4) is 0 Å². The second-order valence-corrected chi connectivity index (χ2v) is 3.67. The standard InChI is InChI=1S/C8H10O2/c9-8-7-4-2-1-3-5(10-8)6(4)7/h4-7H,1-3H2/t4-,5+,6-,7-/m1/s1. The minimum Gasteiger partial charge on any atom is -0.462 e. The van der Waals surface area contributed by atoms with E-state index in [4.69, 9.17) is 4.74 Å². The van der Waals surface area contributed by atoms with Gasteiger partial charge in [0, 0.05) is 5.92 Å². The SMILES string of the molecule is O=C1O[C@H]2CCC[C@H]3[C@@H]1[C@H]32. The first-order chi connectivity index (χ1) is 4.88. The minimum absolute atomic E-state index is 0.0969. The van der Waals surface area contributed by atoms with Crippen LogP contribution in [0.2, 0.25) is 0 Å². The zero-order chi connectivity index (χ0) is 6.72. The lowest BCUT2D eigenvalue weighted by Gasteiger charge is -2.19. The van der Waals surface area contributed by atoms with Crippen molar-refractivity contribution in [1.82, 2.24) is 0 Å². The van der Waals surface area contributed by atoms with Gasteiger partial charge in [0.1, 0.15) is 6.10 Å². The third-order valence-electron chi connectivity index (χ3n) is 3.22. The summed E-state index contributed by atoms with van der Waals surface area (Å²) in [5.41, 5.74) is 0. The maximum atomic E-state index is 11.0. The summed E-state index contributed by atoms with van der Waals surface area (Å²) < 4.78 is 5.16. The van der Waals surface area contributed by atoms with Gasteiger partial charge in [-0.3, -0.25) is 4.79 Å². The molecule has 0 aromatic carbocycles. The normalized spacial score (nSPS) is 55.8. The van der Waals surface area contributed by atoms with Crippen LogP contribution < -0.4 is 0 Å². The van der Waals surface area contributed by atoms with Gasteiger partial charge in [-0.15, -0.1) is 0 Å². The molecule has 0 amide bonds. The van der Waals surface area contributed by atoms with E-state index in [1.54, 1.807) is 0 Å². The summed E-state index contributed by atoms with van der Waals surface area (Å²) in [5.74, 6) is 1.83. The van der Waals surface area contributed by atoms with E-state index in [2.05, 4.69) is 0 Å². The molecule has 2 aliphatic carbocycles. The van der Waals surface area contributed by atoms with E-state index in [9.17, 15) is 4.79 Å². The van der Waals surface area contributed by atoms with Crippen molar-refractivity contribution in [3.63, 3.8) is 0 Å². The molecule has 3 fully saturated rings. The molecular formula is C8H10O2. The average Bonchev–Trinajstić information content (AvgIpc) is 2.51. The zero-order valence-corrected chi connectivity index (χ0v) is 5.75. The van der Waals surface area contributed by atoms with Gasteiger partial charge < -0.3 is 4.74 Å².